The number of hydrogen-bond donors (Lipinski definition) is 1. The lowest BCUT2D eigenvalue weighted by atomic mass is 10.2. The largest absolute Gasteiger partial charge is 0.483 e. The predicted octanol–water partition coefficient (Wildman–Crippen LogP) is 3.59. The molecule has 0 saturated carbocycles. The molecule has 0 aliphatic carbocycles. The topological polar surface area (TPSA) is 60.5 Å². The van der Waals surface area contributed by atoms with Crippen LogP contribution in [0.15, 0.2) is 42.6 Å². The fourth-order valence-electron chi connectivity index (χ4n) is 2.26. The number of anilines is 1. The Morgan fingerprint density at radius 2 is 2.04 bits per heavy atom. The number of para-hydroxylation sites is 1. The number of amides is 1. The van der Waals surface area contributed by atoms with E-state index in [2.05, 4.69) is 16.4 Å². The zero-order chi connectivity index (χ0) is 16.8. The fraction of sp³-hybridized carbons (Fsp3) is 0.294. The molecule has 1 aliphatic rings. The number of pyridine rings is 1. The molecule has 2 heterocycles. The van der Waals surface area contributed by atoms with Crippen molar-refractivity contribution in [3.8, 4) is 11.6 Å². The molecule has 1 aliphatic heterocycles. The molecule has 1 N–H and O–H groups in total. The van der Waals surface area contributed by atoms with Crippen molar-refractivity contribution in [2.24, 2.45) is 0 Å². The van der Waals surface area contributed by atoms with Crippen LogP contribution in [0.5, 0.6) is 11.6 Å². The molecular formula is C17H18N2O3S2. The van der Waals surface area contributed by atoms with Gasteiger partial charge in [-0.25, -0.2) is 4.98 Å². The molecular weight excluding hydrogens is 344 g/mol. The average molecular weight is 362 g/mol. The van der Waals surface area contributed by atoms with Crippen LogP contribution in [0.2, 0.25) is 0 Å². The van der Waals surface area contributed by atoms with Gasteiger partial charge in [0.25, 0.3) is 5.91 Å². The maximum atomic E-state index is 12.1. The molecule has 1 aromatic carbocycles. The van der Waals surface area contributed by atoms with Gasteiger partial charge in [0.05, 0.1) is 23.6 Å². The number of carbonyl (C=O) groups excluding carboxylic acids is 1. The lowest BCUT2D eigenvalue weighted by Crippen LogP contribution is -2.20. The second kappa shape index (κ2) is 8.30. The summed E-state index contributed by atoms with van der Waals surface area (Å²) in [5.41, 5.74) is 1.75. The number of aromatic nitrogens is 1. The van der Waals surface area contributed by atoms with Gasteiger partial charge in [-0.1, -0.05) is 18.2 Å². The van der Waals surface area contributed by atoms with Gasteiger partial charge >= 0.3 is 0 Å². The second-order valence-corrected chi connectivity index (χ2v) is 7.76. The summed E-state index contributed by atoms with van der Waals surface area (Å²) in [6.07, 6.45) is 1.55. The normalized spacial score (nSPS) is 14.4. The van der Waals surface area contributed by atoms with Crippen LogP contribution in [0.25, 0.3) is 0 Å². The third kappa shape index (κ3) is 4.36. The van der Waals surface area contributed by atoms with E-state index >= 15 is 0 Å². The van der Waals surface area contributed by atoms with Crippen LogP contribution < -0.4 is 14.8 Å². The van der Waals surface area contributed by atoms with Crippen LogP contribution in [0.3, 0.4) is 0 Å². The van der Waals surface area contributed by atoms with Gasteiger partial charge in [0.1, 0.15) is 5.75 Å². The number of methoxy groups -OCH3 is 1. The predicted molar refractivity (Wildman–Crippen MR) is 99.0 cm³/mol. The number of nitrogens with one attached hydrogen (secondary N) is 1. The Morgan fingerprint density at radius 3 is 2.75 bits per heavy atom. The molecule has 126 valence electrons. The third-order valence-corrected chi connectivity index (χ3v) is 6.45. The standard InChI is InChI=1S/C17H18N2O3S2/c1-21-16-7-6-12(10-18-16)19-15(20)11-22-14-5-3-2-4-13(14)17-23-8-9-24-17/h2-7,10,17H,8-9,11H2,1H3,(H,19,20). The Morgan fingerprint density at radius 1 is 1.25 bits per heavy atom. The highest BCUT2D eigenvalue weighted by Gasteiger charge is 2.21. The van der Waals surface area contributed by atoms with Crippen molar-refractivity contribution in [2.45, 2.75) is 4.58 Å². The van der Waals surface area contributed by atoms with Crippen LogP contribution in [0, 0.1) is 0 Å². The SMILES string of the molecule is COc1ccc(NC(=O)COc2ccccc2C2SCCS2)cn1. The highest BCUT2D eigenvalue weighted by atomic mass is 32.2. The number of carbonyl (C=O) groups is 1. The molecule has 7 heteroatoms. The van der Waals surface area contributed by atoms with Crippen molar-refractivity contribution in [1.82, 2.24) is 4.98 Å². The molecule has 0 radical (unpaired) electrons. The van der Waals surface area contributed by atoms with Gasteiger partial charge in [-0.2, -0.15) is 0 Å². The third-order valence-electron chi connectivity index (χ3n) is 3.38. The number of rotatable bonds is 6. The number of hydrogen-bond acceptors (Lipinski definition) is 6. The maximum Gasteiger partial charge on any atom is 0.262 e. The Kier molecular flexibility index (Phi) is 5.87. The van der Waals surface area contributed by atoms with Crippen molar-refractivity contribution >= 4 is 35.1 Å². The summed E-state index contributed by atoms with van der Waals surface area (Å²) in [6.45, 7) is -0.0366. The second-order valence-electron chi connectivity index (χ2n) is 5.04. The minimum absolute atomic E-state index is 0.0366. The highest BCUT2D eigenvalue weighted by molar-refractivity contribution is 8.19. The summed E-state index contributed by atoms with van der Waals surface area (Å²) < 4.78 is 11.1. The minimum atomic E-state index is -0.219. The van der Waals surface area contributed by atoms with Crippen LogP contribution in [-0.2, 0) is 4.79 Å². The molecule has 5 nitrogen and oxygen atoms in total. The summed E-state index contributed by atoms with van der Waals surface area (Å²) in [4.78, 5) is 16.1. The van der Waals surface area contributed by atoms with E-state index in [1.165, 1.54) is 0 Å². The van der Waals surface area contributed by atoms with Crippen molar-refractivity contribution in [3.05, 3.63) is 48.2 Å². The fourth-order valence-corrected chi connectivity index (χ4v) is 5.17. The Balaban J connectivity index is 1.58. The molecule has 2 aromatic rings. The van der Waals surface area contributed by atoms with E-state index in [1.54, 1.807) is 25.4 Å². The molecule has 0 bridgehead atoms. The molecule has 1 amide bonds. The van der Waals surface area contributed by atoms with E-state index in [4.69, 9.17) is 9.47 Å². The van der Waals surface area contributed by atoms with Crippen LogP contribution >= 0.6 is 23.5 Å². The van der Waals surface area contributed by atoms with Gasteiger partial charge < -0.3 is 14.8 Å². The average Bonchev–Trinajstić information content (AvgIpc) is 3.15. The first-order chi connectivity index (χ1) is 11.8. The lowest BCUT2D eigenvalue weighted by molar-refractivity contribution is -0.118. The Hall–Kier alpha value is -1.86. The molecule has 24 heavy (non-hydrogen) atoms. The monoisotopic (exact) mass is 362 g/mol. The lowest BCUT2D eigenvalue weighted by Gasteiger charge is -2.15. The summed E-state index contributed by atoms with van der Waals surface area (Å²) in [5, 5.41) is 2.76. The number of ether oxygens (including phenoxy) is 2. The van der Waals surface area contributed by atoms with E-state index in [9.17, 15) is 4.79 Å². The van der Waals surface area contributed by atoms with Crippen molar-refractivity contribution in [3.63, 3.8) is 0 Å². The van der Waals surface area contributed by atoms with E-state index in [0.717, 1.165) is 22.8 Å². The number of benzene rings is 1. The van der Waals surface area contributed by atoms with Crippen molar-refractivity contribution in [1.29, 1.82) is 0 Å². The molecule has 1 fully saturated rings. The van der Waals surface area contributed by atoms with Crippen LogP contribution in [0.1, 0.15) is 10.1 Å². The summed E-state index contributed by atoms with van der Waals surface area (Å²) in [5.74, 6) is 3.35. The van der Waals surface area contributed by atoms with Crippen molar-refractivity contribution < 1.29 is 14.3 Å². The van der Waals surface area contributed by atoms with Crippen molar-refractivity contribution in [2.75, 3.05) is 30.5 Å². The van der Waals surface area contributed by atoms with Crippen LogP contribution in [-0.4, -0.2) is 36.1 Å². The van der Waals surface area contributed by atoms with Gasteiger partial charge in [0.2, 0.25) is 5.88 Å². The highest BCUT2D eigenvalue weighted by Crippen LogP contribution is 2.48. The molecule has 1 saturated heterocycles. The van der Waals surface area contributed by atoms with E-state index in [0.29, 0.717) is 16.1 Å². The summed E-state index contributed by atoms with van der Waals surface area (Å²) in [6, 6.07) is 11.3. The number of thioether (sulfide) groups is 2. The zero-order valence-corrected chi connectivity index (χ0v) is 14.9. The molecule has 1 aromatic heterocycles. The van der Waals surface area contributed by atoms with Crippen LogP contribution in [0.4, 0.5) is 5.69 Å². The van der Waals surface area contributed by atoms with Gasteiger partial charge in [-0.3, -0.25) is 4.79 Å². The van der Waals surface area contributed by atoms with Gasteiger partial charge in [-0.15, -0.1) is 23.5 Å². The molecule has 0 spiro atoms. The molecule has 0 unspecified atom stereocenters. The van der Waals surface area contributed by atoms with Gasteiger partial charge in [-0.05, 0) is 12.1 Å². The zero-order valence-electron chi connectivity index (χ0n) is 13.2. The smallest absolute Gasteiger partial charge is 0.262 e. The molecule has 3 rings (SSSR count). The van der Waals surface area contributed by atoms with E-state index in [1.807, 2.05) is 41.7 Å². The summed E-state index contributed by atoms with van der Waals surface area (Å²) >= 11 is 3.82. The van der Waals surface area contributed by atoms with Gasteiger partial charge in [0, 0.05) is 23.1 Å². The van der Waals surface area contributed by atoms with E-state index < -0.39 is 0 Å². The minimum Gasteiger partial charge on any atom is -0.483 e. The van der Waals surface area contributed by atoms with E-state index in [-0.39, 0.29) is 12.5 Å². The Labute approximate surface area is 149 Å². The first-order valence-corrected chi connectivity index (χ1v) is 9.61. The number of nitrogens with zero attached hydrogens (tertiary/aromatic N) is 1. The Bertz CT molecular complexity index is 688. The molecule has 0 atom stereocenters. The maximum absolute atomic E-state index is 12.1. The quantitative estimate of drug-likeness (QED) is 0.847. The first-order valence-electron chi connectivity index (χ1n) is 7.51. The summed E-state index contributed by atoms with van der Waals surface area (Å²) in [7, 11) is 1.55. The van der Waals surface area contributed by atoms with Gasteiger partial charge in [0.15, 0.2) is 6.61 Å². The first kappa shape index (κ1) is 17.0.